The van der Waals surface area contributed by atoms with Crippen molar-refractivity contribution in [3.05, 3.63) is 29.3 Å². The largest absolute Gasteiger partial charge is 0.455 e. The molecule has 0 aliphatic heterocycles. The summed E-state index contributed by atoms with van der Waals surface area (Å²) in [6.07, 6.45) is 4.26. The fraction of sp³-hybridized carbons (Fsp3) is 0.500. The highest BCUT2D eigenvalue weighted by Gasteiger charge is 2.18. The molecule has 1 fully saturated rings. The zero-order valence-corrected chi connectivity index (χ0v) is 16.3. The van der Waals surface area contributed by atoms with E-state index < -0.39 is 5.97 Å². The van der Waals surface area contributed by atoms with Crippen LogP contribution in [-0.4, -0.2) is 50.5 Å². The van der Waals surface area contributed by atoms with E-state index in [2.05, 4.69) is 20.8 Å². The van der Waals surface area contributed by atoms with Gasteiger partial charge < -0.3 is 10.1 Å². The van der Waals surface area contributed by atoms with Crippen LogP contribution >= 0.6 is 11.8 Å². The van der Waals surface area contributed by atoms with Crippen molar-refractivity contribution in [1.29, 1.82) is 0 Å². The Kier molecular flexibility index (Phi) is 6.44. The highest BCUT2D eigenvalue weighted by atomic mass is 32.2. The van der Waals surface area contributed by atoms with Gasteiger partial charge in [-0.15, -0.1) is 5.10 Å². The Bertz CT molecular complexity index is 817. The third-order valence-electron chi connectivity index (χ3n) is 4.44. The summed E-state index contributed by atoms with van der Waals surface area (Å²) in [5.41, 5.74) is 2.99. The van der Waals surface area contributed by atoms with Crippen LogP contribution in [0.25, 0.3) is 5.69 Å². The lowest BCUT2D eigenvalue weighted by Gasteiger charge is -2.12. The molecule has 144 valence electrons. The molecule has 0 bridgehead atoms. The number of aryl methyl sites for hydroxylation is 2. The van der Waals surface area contributed by atoms with Gasteiger partial charge in [0, 0.05) is 6.04 Å². The average Bonchev–Trinajstić information content (AvgIpc) is 3.32. The Balaban J connectivity index is 1.50. The molecule has 1 heterocycles. The van der Waals surface area contributed by atoms with Gasteiger partial charge in [0.2, 0.25) is 5.16 Å². The third kappa shape index (κ3) is 5.29. The monoisotopic (exact) mass is 389 g/mol. The second-order valence-corrected chi connectivity index (χ2v) is 7.60. The number of carbonyl (C=O) groups excluding carboxylic acids is 2. The number of amides is 1. The van der Waals surface area contributed by atoms with E-state index in [1.807, 2.05) is 32.0 Å². The van der Waals surface area contributed by atoms with Crippen molar-refractivity contribution in [1.82, 2.24) is 25.5 Å². The van der Waals surface area contributed by atoms with Crippen molar-refractivity contribution in [2.75, 3.05) is 12.4 Å². The van der Waals surface area contributed by atoms with Crippen LogP contribution in [0.5, 0.6) is 0 Å². The quantitative estimate of drug-likeness (QED) is 0.571. The molecule has 0 atom stereocenters. The lowest BCUT2D eigenvalue weighted by atomic mass is 10.1. The number of nitrogens with zero attached hydrogens (tertiary/aromatic N) is 4. The zero-order chi connectivity index (χ0) is 19.2. The minimum absolute atomic E-state index is 0.0297. The van der Waals surface area contributed by atoms with Crippen LogP contribution in [0.4, 0.5) is 0 Å². The van der Waals surface area contributed by atoms with Crippen LogP contribution in [0.15, 0.2) is 23.4 Å². The number of hydrogen-bond acceptors (Lipinski definition) is 7. The predicted octanol–water partition coefficient (Wildman–Crippen LogP) is 1.97. The Hall–Kier alpha value is -2.42. The summed E-state index contributed by atoms with van der Waals surface area (Å²) in [7, 11) is 0. The highest BCUT2D eigenvalue weighted by molar-refractivity contribution is 7.99. The highest BCUT2D eigenvalue weighted by Crippen LogP contribution is 2.21. The van der Waals surface area contributed by atoms with Crippen LogP contribution < -0.4 is 5.32 Å². The molecule has 1 N–H and O–H groups in total. The van der Waals surface area contributed by atoms with Crippen molar-refractivity contribution < 1.29 is 14.3 Å². The first-order valence-corrected chi connectivity index (χ1v) is 9.95. The molecule has 9 heteroatoms. The molecule has 0 saturated heterocycles. The first-order valence-electron chi connectivity index (χ1n) is 8.96. The van der Waals surface area contributed by atoms with Crippen LogP contribution in [-0.2, 0) is 14.3 Å². The van der Waals surface area contributed by atoms with Crippen molar-refractivity contribution >= 4 is 23.6 Å². The summed E-state index contributed by atoms with van der Waals surface area (Å²) >= 11 is 1.18. The Morgan fingerprint density at radius 3 is 2.85 bits per heavy atom. The molecule has 1 aromatic heterocycles. The van der Waals surface area contributed by atoms with Crippen LogP contribution in [0, 0.1) is 13.8 Å². The fourth-order valence-corrected chi connectivity index (χ4v) is 3.70. The molecular weight excluding hydrogens is 366 g/mol. The minimum atomic E-state index is -0.475. The summed E-state index contributed by atoms with van der Waals surface area (Å²) in [6, 6.07) is 6.22. The molecule has 1 amide bonds. The number of benzene rings is 1. The maximum atomic E-state index is 11.9. The number of nitrogens with one attached hydrogen (secondary N) is 1. The summed E-state index contributed by atoms with van der Waals surface area (Å²) in [5, 5.41) is 15.1. The number of aromatic nitrogens is 4. The molecule has 1 aliphatic rings. The molecule has 2 aromatic rings. The third-order valence-corrected chi connectivity index (χ3v) is 5.33. The molecule has 3 rings (SSSR count). The van der Waals surface area contributed by atoms with Crippen LogP contribution in [0.2, 0.25) is 0 Å². The molecule has 1 saturated carbocycles. The average molecular weight is 389 g/mol. The smallest absolute Gasteiger partial charge is 0.316 e. The molecule has 1 aliphatic carbocycles. The number of carbonyl (C=O) groups is 2. The van der Waals surface area contributed by atoms with Gasteiger partial charge in [0.05, 0.1) is 11.4 Å². The maximum absolute atomic E-state index is 11.9. The number of ether oxygens (including phenoxy) is 1. The summed E-state index contributed by atoms with van der Waals surface area (Å²) in [5.74, 6) is -0.695. The van der Waals surface area contributed by atoms with Gasteiger partial charge in [-0.25, -0.2) is 0 Å². The summed E-state index contributed by atoms with van der Waals surface area (Å²) in [4.78, 5) is 23.8. The molecule has 27 heavy (non-hydrogen) atoms. The van der Waals surface area contributed by atoms with Gasteiger partial charge in [-0.3, -0.25) is 9.59 Å². The Morgan fingerprint density at radius 1 is 1.30 bits per heavy atom. The van der Waals surface area contributed by atoms with E-state index in [9.17, 15) is 9.59 Å². The van der Waals surface area contributed by atoms with Gasteiger partial charge in [0.1, 0.15) is 0 Å². The number of thioether (sulfide) groups is 1. The molecule has 0 unspecified atom stereocenters. The standard InChI is InChI=1S/C18H23N5O3S/c1-12-7-8-13(2)15(9-12)23-18(20-21-22-23)27-11-17(25)26-10-16(24)19-14-5-3-4-6-14/h7-9,14H,3-6,10-11H2,1-2H3,(H,19,24). The topological polar surface area (TPSA) is 99.0 Å². The fourth-order valence-electron chi connectivity index (χ4n) is 3.02. The number of tetrazole rings is 1. The summed E-state index contributed by atoms with van der Waals surface area (Å²) < 4.78 is 6.66. The second kappa shape index (κ2) is 8.98. The van der Waals surface area contributed by atoms with Crippen molar-refractivity contribution in [2.45, 2.75) is 50.7 Å². The molecule has 0 spiro atoms. The van der Waals surface area contributed by atoms with Gasteiger partial charge in [0.25, 0.3) is 5.91 Å². The van der Waals surface area contributed by atoms with Crippen molar-refractivity contribution in [3.8, 4) is 5.69 Å². The molecule has 8 nitrogen and oxygen atoms in total. The maximum Gasteiger partial charge on any atom is 0.316 e. The van der Waals surface area contributed by atoms with Crippen molar-refractivity contribution in [3.63, 3.8) is 0 Å². The van der Waals surface area contributed by atoms with E-state index in [1.165, 1.54) is 11.8 Å². The van der Waals surface area contributed by atoms with E-state index in [-0.39, 0.29) is 24.3 Å². The van der Waals surface area contributed by atoms with E-state index in [1.54, 1.807) is 4.68 Å². The molecular formula is C18H23N5O3S. The minimum Gasteiger partial charge on any atom is -0.455 e. The SMILES string of the molecule is Cc1ccc(C)c(-n2nnnc2SCC(=O)OCC(=O)NC2CCCC2)c1. The Morgan fingerprint density at radius 2 is 2.07 bits per heavy atom. The number of esters is 1. The van der Waals surface area contributed by atoms with Gasteiger partial charge in [-0.1, -0.05) is 36.7 Å². The Labute approximate surface area is 162 Å². The normalized spacial score (nSPS) is 14.3. The van der Waals surface area contributed by atoms with Gasteiger partial charge in [-0.05, 0) is 54.3 Å². The number of hydrogen-bond donors (Lipinski definition) is 1. The van der Waals surface area contributed by atoms with Crippen LogP contribution in [0.1, 0.15) is 36.8 Å². The van der Waals surface area contributed by atoms with E-state index >= 15 is 0 Å². The first-order chi connectivity index (χ1) is 13.0. The number of rotatable bonds is 7. The lowest BCUT2D eigenvalue weighted by Crippen LogP contribution is -2.36. The van der Waals surface area contributed by atoms with E-state index in [0.29, 0.717) is 5.16 Å². The first kappa shape index (κ1) is 19.3. The molecule has 1 aromatic carbocycles. The predicted molar refractivity (Wildman–Crippen MR) is 101 cm³/mol. The zero-order valence-electron chi connectivity index (χ0n) is 15.5. The van der Waals surface area contributed by atoms with E-state index in [4.69, 9.17) is 4.74 Å². The molecule has 0 radical (unpaired) electrons. The van der Waals surface area contributed by atoms with Gasteiger partial charge >= 0.3 is 5.97 Å². The lowest BCUT2D eigenvalue weighted by molar-refractivity contribution is -0.146. The van der Waals surface area contributed by atoms with Gasteiger partial charge in [-0.2, -0.15) is 4.68 Å². The van der Waals surface area contributed by atoms with E-state index in [0.717, 1.165) is 42.5 Å². The second-order valence-electron chi connectivity index (χ2n) is 6.66. The van der Waals surface area contributed by atoms with Crippen molar-refractivity contribution in [2.24, 2.45) is 0 Å². The van der Waals surface area contributed by atoms with Gasteiger partial charge in [0.15, 0.2) is 6.61 Å². The summed E-state index contributed by atoms with van der Waals surface area (Å²) in [6.45, 7) is 3.72. The van der Waals surface area contributed by atoms with Crippen LogP contribution in [0.3, 0.4) is 0 Å².